The van der Waals surface area contributed by atoms with Gasteiger partial charge in [0.1, 0.15) is 0 Å². The van der Waals surface area contributed by atoms with Crippen LogP contribution < -0.4 is 0 Å². The standard InChI is InChI=1S/C9H7BrCl4/c1-5-2-6(4-9(10,13)14)8(12)3-7(5)11/h2-3H,4H2,1H3. The summed E-state index contributed by atoms with van der Waals surface area (Å²) in [5.74, 6) is 0. The Hall–Kier alpha value is 0.860. The molecule has 0 aromatic heterocycles. The lowest BCUT2D eigenvalue weighted by Gasteiger charge is -2.13. The van der Waals surface area contributed by atoms with E-state index in [0.29, 0.717) is 16.5 Å². The highest BCUT2D eigenvalue weighted by Gasteiger charge is 2.21. The summed E-state index contributed by atoms with van der Waals surface area (Å²) in [7, 11) is 0. The molecule has 0 heterocycles. The Balaban J connectivity index is 3.04. The molecular weight excluding hydrogens is 330 g/mol. The monoisotopic (exact) mass is 334 g/mol. The molecule has 0 fully saturated rings. The van der Waals surface area contributed by atoms with Gasteiger partial charge in [0.25, 0.3) is 0 Å². The van der Waals surface area contributed by atoms with Crippen LogP contribution in [0.3, 0.4) is 0 Å². The Morgan fingerprint density at radius 3 is 2.29 bits per heavy atom. The zero-order valence-electron chi connectivity index (χ0n) is 7.25. The second-order valence-corrected chi connectivity index (χ2v) is 7.55. The number of hydrogen-bond donors (Lipinski definition) is 0. The topological polar surface area (TPSA) is 0 Å². The second kappa shape index (κ2) is 4.80. The summed E-state index contributed by atoms with van der Waals surface area (Å²) in [6, 6.07) is 3.58. The van der Waals surface area contributed by atoms with Crippen LogP contribution in [-0.4, -0.2) is 3.24 Å². The van der Waals surface area contributed by atoms with Crippen LogP contribution in [0.2, 0.25) is 10.0 Å². The van der Waals surface area contributed by atoms with Crippen molar-refractivity contribution in [2.24, 2.45) is 0 Å². The van der Waals surface area contributed by atoms with Gasteiger partial charge in [-0.25, -0.2) is 0 Å². The molecule has 0 unspecified atom stereocenters. The molecule has 0 atom stereocenters. The molecule has 1 aromatic rings. The second-order valence-electron chi connectivity index (χ2n) is 2.98. The van der Waals surface area contributed by atoms with E-state index in [2.05, 4.69) is 15.9 Å². The van der Waals surface area contributed by atoms with E-state index in [1.807, 2.05) is 13.0 Å². The molecule has 1 rings (SSSR count). The first-order chi connectivity index (χ1) is 6.29. The molecule has 0 aliphatic rings. The number of benzene rings is 1. The van der Waals surface area contributed by atoms with E-state index in [-0.39, 0.29) is 0 Å². The van der Waals surface area contributed by atoms with Crippen LogP contribution in [0.4, 0.5) is 0 Å². The van der Waals surface area contributed by atoms with Crippen molar-refractivity contribution in [2.45, 2.75) is 16.6 Å². The third-order valence-corrected chi connectivity index (χ3v) is 3.03. The molecule has 0 saturated heterocycles. The summed E-state index contributed by atoms with van der Waals surface area (Å²) in [5, 5.41) is 1.22. The molecule has 0 aliphatic carbocycles. The van der Waals surface area contributed by atoms with Gasteiger partial charge in [0, 0.05) is 16.5 Å². The normalized spacial score (nSPS) is 11.9. The van der Waals surface area contributed by atoms with E-state index in [1.54, 1.807) is 6.07 Å². The van der Waals surface area contributed by atoms with Gasteiger partial charge in [-0.2, -0.15) is 0 Å². The summed E-state index contributed by atoms with van der Waals surface area (Å²) in [5.41, 5.74) is 1.83. The highest BCUT2D eigenvalue weighted by atomic mass is 79.9. The molecule has 0 bridgehead atoms. The van der Waals surface area contributed by atoms with Crippen LogP contribution in [0, 0.1) is 6.92 Å². The number of aryl methyl sites for hydroxylation is 1. The maximum atomic E-state index is 5.98. The SMILES string of the molecule is Cc1cc(CC(Cl)(Cl)Br)c(Cl)cc1Cl. The molecule has 78 valence electrons. The quantitative estimate of drug-likeness (QED) is 0.637. The number of hydrogen-bond acceptors (Lipinski definition) is 0. The van der Waals surface area contributed by atoms with Crippen LogP contribution in [0.15, 0.2) is 12.1 Å². The predicted molar refractivity (Wildman–Crippen MR) is 68.3 cm³/mol. The molecule has 0 radical (unpaired) electrons. The Morgan fingerprint density at radius 2 is 1.79 bits per heavy atom. The van der Waals surface area contributed by atoms with E-state index in [0.717, 1.165) is 11.1 Å². The van der Waals surface area contributed by atoms with Crippen molar-refractivity contribution in [3.8, 4) is 0 Å². The van der Waals surface area contributed by atoms with E-state index in [9.17, 15) is 0 Å². The minimum absolute atomic E-state index is 0.424. The lowest BCUT2D eigenvalue weighted by Crippen LogP contribution is -2.06. The minimum atomic E-state index is -0.989. The zero-order valence-corrected chi connectivity index (χ0v) is 11.9. The minimum Gasteiger partial charge on any atom is -0.0885 e. The van der Waals surface area contributed by atoms with Crippen molar-refractivity contribution in [2.75, 3.05) is 0 Å². The number of alkyl halides is 3. The smallest absolute Gasteiger partial charge is 0.0885 e. The Kier molecular flexibility index (Phi) is 4.43. The van der Waals surface area contributed by atoms with Crippen LogP contribution in [0.25, 0.3) is 0 Å². The van der Waals surface area contributed by atoms with Crippen LogP contribution >= 0.6 is 62.3 Å². The zero-order chi connectivity index (χ0) is 10.9. The third-order valence-electron chi connectivity index (χ3n) is 1.72. The van der Waals surface area contributed by atoms with Crippen molar-refractivity contribution >= 4 is 62.3 Å². The molecule has 14 heavy (non-hydrogen) atoms. The summed E-state index contributed by atoms with van der Waals surface area (Å²) in [4.78, 5) is 0. The Labute approximate surface area is 112 Å². The van der Waals surface area contributed by atoms with E-state index < -0.39 is 3.24 Å². The van der Waals surface area contributed by atoms with Gasteiger partial charge in [-0.05, 0) is 40.0 Å². The maximum Gasteiger partial charge on any atom is 0.176 e. The summed E-state index contributed by atoms with van der Waals surface area (Å²) in [6.45, 7) is 1.90. The van der Waals surface area contributed by atoms with Gasteiger partial charge < -0.3 is 0 Å². The van der Waals surface area contributed by atoms with Gasteiger partial charge in [0.15, 0.2) is 3.24 Å². The fourth-order valence-corrected chi connectivity index (χ4v) is 2.11. The maximum absolute atomic E-state index is 5.98. The lowest BCUT2D eigenvalue weighted by atomic mass is 10.1. The summed E-state index contributed by atoms with van der Waals surface area (Å²) in [6.07, 6.45) is 0.424. The van der Waals surface area contributed by atoms with Crippen LogP contribution in [-0.2, 0) is 6.42 Å². The van der Waals surface area contributed by atoms with E-state index in [4.69, 9.17) is 46.4 Å². The molecule has 0 spiro atoms. The first-order valence-corrected chi connectivity index (χ1v) is 6.11. The number of halogens is 5. The van der Waals surface area contributed by atoms with Crippen molar-refractivity contribution in [3.63, 3.8) is 0 Å². The van der Waals surface area contributed by atoms with E-state index in [1.165, 1.54) is 0 Å². The number of rotatable bonds is 2. The van der Waals surface area contributed by atoms with Gasteiger partial charge >= 0.3 is 0 Å². The first kappa shape index (κ1) is 12.9. The Bertz CT molecular complexity index is 343. The van der Waals surface area contributed by atoms with Crippen molar-refractivity contribution in [1.82, 2.24) is 0 Å². The van der Waals surface area contributed by atoms with Crippen molar-refractivity contribution < 1.29 is 0 Å². The molecule has 0 saturated carbocycles. The van der Waals surface area contributed by atoms with Crippen molar-refractivity contribution in [3.05, 3.63) is 33.3 Å². The molecule has 0 nitrogen and oxygen atoms in total. The molecular formula is C9H7BrCl4. The van der Waals surface area contributed by atoms with E-state index >= 15 is 0 Å². The highest BCUT2D eigenvalue weighted by molar-refractivity contribution is 9.11. The average molecular weight is 337 g/mol. The first-order valence-electron chi connectivity index (χ1n) is 3.81. The summed E-state index contributed by atoms with van der Waals surface area (Å²) < 4.78 is -0.989. The van der Waals surface area contributed by atoms with Gasteiger partial charge in [0.05, 0.1) is 0 Å². The largest absolute Gasteiger partial charge is 0.176 e. The van der Waals surface area contributed by atoms with Gasteiger partial charge in [0.2, 0.25) is 0 Å². The van der Waals surface area contributed by atoms with Crippen LogP contribution in [0.1, 0.15) is 11.1 Å². The van der Waals surface area contributed by atoms with Gasteiger partial charge in [-0.1, -0.05) is 52.5 Å². The fraction of sp³-hybridized carbons (Fsp3) is 0.333. The summed E-state index contributed by atoms with van der Waals surface area (Å²) >= 11 is 26.7. The Morgan fingerprint density at radius 1 is 1.21 bits per heavy atom. The predicted octanol–water partition coefficient (Wildman–Crippen LogP) is 5.37. The van der Waals surface area contributed by atoms with Crippen LogP contribution in [0.5, 0.6) is 0 Å². The molecule has 0 N–H and O–H groups in total. The van der Waals surface area contributed by atoms with Crippen molar-refractivity contribution in [1.29, 1.82) is 0 Å². The third kappa shape index (κ3) is 3.79. The fourth-order valence-electron chi connectivity index (χ4n) is 1.07. The molecule has 1 aromatic carbocycles. The van der Waals surface area contributed by atoms with Gasteiger partial charge in [-0.3, -0.25) is 0 Å². The molecule has 0 amide bonds. The lowest BCUT2D eigenvalue weighted by molar-refractivity contribution is 1.04. The van der Waals surface area contributed by atoms with Gasteiger partial charge in [-0.15, -0.1) is 0 Å². The molecule has 0 aliphatic heterocycles. The highest BCUT2D eigenvalue weighted by Crippen LogP contribution is 2.36. The average Bonchev–Trinajstić information content (AvgIpc) is 1.97. The molecule has 5 heteroatoms.